The fourth-order valence-corrected chi connectivity index (χ4v) is 2.25. The number of hydrogen-bond donors (Lipinski definition) is 2. The third-order valence-corrected chi connectivity index (χ3v) is 3.36. The number of hydrogen-bond acceptors (Lipinski definition) is 4. The fraction of sp³-hybridized carbons (Fsp3) is 0. The van der Waals surface area contributed by atoms with E-state index >= 15 is 0 Å². The second-order valence-electron chi connectivity index (χ2n) is 5.31. The number of amides is 2. The molecule has 2 aromatic rings. The lowest BCUT2D eigenvalue weighted by atomic mass is 10.2. The average Bonchev–Trinajstić information content (AvgIpc) is 2.69. The molecule has 0 fully saturated rings. The van der Waals surface area contributed by atoms with E-state index in [2.05, 4.69) is 0 Å². The Balaban J connectivity index is 2.60. The zero-order valence-electron chi connectivity index (χ0n) is 14.5. The Hall–Kier alpha value is -4.20. The first-order valence-electron chi connectivity index (χ1n) is 8.00. The predicted molar refractivity (Wildman–Crippen MR) is 101 cm³/mol. The first-order valence-corrected chi connectivity index (χ1v) is 8.00. The molecule has 142 valence electrons. The summed E-state index contributed by atoms with van der Waals surface area (Å²) in [6.45, 7) is 0. The fourth-order valence-electron chi connectivity index (χ4n) is 2.25. The van der Waals surface area contributed by atoms with Crippen molar-refractivity contribution in [1.82, 2.24) is 0 Å². The normalized spacial score (nSPS) is 10.7. The van der Waals surface area contributed by atoms with Gasteiger partial charge >= 0.3 is 11.9 Å². The van der Waals surface area contributed by atoms with E-state index in [1.54, 1.807) is 60.7 Å². The Morgan fingerprint density at radius 1 is 0.571 bits per heavy atom. The van der Waals surface area contributed by atoms with Gasteiger partial charge in [0.2, 0.25) is 0 Å². The maximum absolute atomic E-state index is 12.7. The van der Waals surface area contributed by atoms with Crippen LogP contribution in [-0.2, 0) is 19.2 Å². The highest BCUT2D eigenvalue weighted by atomic mass is 16.4. The Kier molecular flexibility index (Phi) is 6.81. The summed E-state index contributed by atoms with van der Waals surface area (Å²) in [5, 5.41) is 19.5. The Labute approximate surface area is 160 Å². The van der Waals surface area contributed by atoms with Crippen LogP contribution in [0.1, 0.15) is 0 Å². The number of carbonyl (C=O) groups excluding carboxylic acids is 2. The number of rotatable bonds is 6. The van der Waals surface area contributed by atoms with Crippen LogP contribution in [0, 0.1) is 0 Å². The van der Waals surface area contributed by atoms with Crippen LogP contribution in [-0.4, -0.2) is 34.0 Å². The van der Waals surface area contributed by atoms with Gasteiger partial charge in [-0.25, -0.2) is 19.6 Å². The zero-order chi connectivity index (χ0) is 20.5. The maximum atomic E-state index is 12.7. The van der Waals surface area contributed by atoms with Gasteiger partial charge in [0.05, 0.1) is 11.4 Å². The summed E-state index contributed by atoms with van der Waals surface area (Å²) in [6, 6.07) is 16.2. The van der Waals surface area contributed by atoms with Crippen LogP contribution in [0.3, 0.4) is 0 Å². The van der Waals surface area contributed by atoms with Crippen molar-refractivity contribution >= 4 is 35.1 Å². The summed E-state index contributed by atoms with van der Waals surface area (Å²) in [4.78, 5) is 47.1. The molecule has 0 radical (unpaired) electrons. The van der Waals surface area contributed by atoms with Crippen molar-refractivity contribution in [2.75, 3.05) is 10.0 Å². The first-order chi connectivity index (χ1) is 13.4. The van der Waals surface area contributed by atoms with E-state index in [9.17, 15) is 19.2 Å². The lowest BCUT2D eigenvalue weighted by Crippen LogP contribution is -2.49. The minimum Gasteiger partial charge on any atom is -0.478 e. The lowest BCUT2D eigenvalue weighted by molar-refractivity contribution is -0.132. The molecule has 0 aromatic heterocycles. The van der Waals surface area contributed by atoms with Gasteiger partial charge in [0.25, 0.3) is 11.8 Å². The van der Waals surface area contributed by atoms with E-state index in [4.69, 9.17) is 10.2 Å². The van der Waals surface area contributed by atoms with Gasteiger partial charge in [-0.1, -0.05) is 36.4 Å². The van der Waals surface area contributed by atoms with E-state index < -0.39 is 23.8 Å². The molecule has 0 bridgehead atoms. The Morgan fingerprint density at radius 2 is 0.893 bits per heavy atom. The van der Waals surface area contributed by atoms with Crippen LogP contribution in [0.15, 0.2) is 85.0 Å². The molecule has 0 saturated carbocycles. The van der Waals surface area contributed by atoms with Crippen LogP contribution < -0.4 is 10.0 Å². The third-order valence-electron chi connectivity index (χ3n) is 3.36. The first kappa shape index (κ1) is 20.1. The summed E-state index contributed by atoms with van der Waals surface area (Å²) in [7, 11) is 0. The number of carbonyl (C=O) groups is 4. The second-order valence-corrected chi connectivity index (χ2v) is 5.31. The second kappa shape index (κ2) is 9.48. The highest BCUT2D eigenvalue weighted by Crippen LogP contribution is 2.24. The van der Waals surface area contributed by atoms with Crippen molar-refractivity contribution < 1.29 is 29.4 Å². The van der Waals surface area contributed by atoms with E-state index in [0.29, 0.717) is 12.2 Å². The van der Waals surface area contributed by atoms with Gasteiger partial charge in [-0.05, 0) is 24.3 Å². The number of nitrogens with zero attached hydrogens (tertiary/aromatic N) is 2. The van der Waals surface area contributed by atoms with E-state index in [-0.39, 0.29) is 11.4 Å². The van der Waals surface area contributed by atoms with E-state index in [0.717, 1.165) is 22.2 Å². The van der Waals surface area contributed by atoms with Crippen molar-refractivity contribution in [1.29, 1.82) is 0 Å². The quantitative estimate of drug-likeness (QED) is 0.587. The van der Waals surface area contributed by atoms with Gasteiger partial charge in [-0.2, -0.15) is 0 Å². The average molecular weight is 380 g/mol. The van der Waals surface area contributed by atoms with Crippen LogP contribution >= 0.6 is 0 Å². The molecular formula is C20H16N2O6. The number of carboxylic acid groups (broad SMARTS) is 2. The highest BCUT2D eigenvalue weighted by molar-refractivity contribution is 6.14. The molecular weight excluding hydrogens is 364 g/mol. The number of aliphatic carboxylic acids is 2. The molecule has 0 unspecified atom stereocenters. The summed E-state index contributed by atoms with van der Waals surface area (Å²) >= 11 is 0. The summed E-state index contributed by atoms with van der Waals surface area (Å²) in [5.74, 6) is -4.28. The summed E-state index contributed by atoms with van der Waals surface area (Å²) < 4.78 is 0. The molecule has 8 heteroatoms. The van der Waals surface area contributed by atoms with Gasteiger partial charge in [0, 0.05) is 24.3 Å². The molecule has 8 nitrogen and oxygen atoms in total. The molecule has 0 aliphatic rings. The molecule has 0 heterocycles. The van der Waals surface area contributed by atoms with Crippen LogP contribution in [0.25, 0.3) is 0 Å². The van der Waals surface area contributed by atoms with Crippen molar-refractivity contribution in [3.63, 3.8) is 0 Å². The summed E-state index contributed by atoms with van der Waals surface area (Å²) in [5.41, 5.74) is 0.562. The van der Waals surface area contributed by atoms with Crippen LogP contribution in [0.5, 0.6) is 0 Å². The Bertz CT molecular complexity index is 845. The highest BCUT2D eigenvalue weighted by Gasteiger charge is 2.27. The number of carboxylic acids is 2. The lowest BCUT2D eigenvalue weighted by Gasteiger charge is -2.33. The number of hydrazine groups is 1. The third kappa shape index (κ3) is 5.40. The van der Waals surface area contributed by atoms with Crippen molar-refractivity contribution in [3.05, 3.63) is 85.0 Å². The SMILES string of the molecule is O=C(O)/C=C\C(=O)N(c1ccccc1)N(C(=O)/C=C/C(=O)O)c1ccccc1. The van der Waals surface area contributed by atoms with Crippen molar-refractivity contribution in [3.8, 4) is 0 Å². The van der Waals surface area contributed by atoms with Gasteiger partial charge in [0.15, 0.2) is 0 Å². The van der Waals surface area contributed by atoms with Crippen molar-refractivity contribution in [2.24, 2.45) is 0 Å². The minimum absolute atomic E-state index is 0.281. The van der Waals surface area contributed by atoms with Gasteiger partial charge in [0.1, 0.15) is 0 Å². The van der Waals surface area contributed by atoms with Crippen LogP contribution in [0.4, 0.5) is 11.4 Å². The van der Waals surface area contributed by atoms with Gasteiger partial charge in [-0.3, -0.25) is 9.59 Å². The molecule has 2 aromatic carbocycles. The topological polar surface area (TPSA) is 115 Å². The number of para-hydroxylation sites is 2. The minimum atomic E-state index is -1.33. The zero-order valence-corrected chi connectivity index (χ0v) is 14.5. The van der Waals surface area contributed by atoms with E-state index in [1.807, 2.05) is 0 Å². The molecule has 0 aliphatic heterocycles. The van der Waals surface area contributed by atoms with Gasteiger partial charge in [-0.15, -0.1) is 0 Å². The predicted octanol–water partition coefficient (Wildman–Crippen LogP) is 2.25. The largest absolute Gasteiger partial charge is 0.478 e. The standard InChI is InChI=1S/C20H16N2O6/c23-17(11-13-19(25)26)21(15-7-3-1-4-8-15)22(16-9-5-2-6-10-16)18(24)12-14-20(27)28/h1-14H,(H,25,26)(H,27,28)/b13-11-,14-12+. The molecule has 2 amide bonds. The van der Waals surface area contributed by atoms with Gasteiger partial charge < -0.3 is 10.2 Å². The smallest absolute Gasteiger partial charge is 0.328 e. The molecule has 28 heavy (non-hydrogen) atoms. The summed E-state index contributed by atoms with van der Waals surface area (Å²) in [6.07, 6.45) is 2.91. The number of anilines is 2. The molecule has 2 rings (SSSR count). The maximum Gasteiger partial charge on any atom is 0.328 e. The molecule has 0 spiro atoms. The molecule has 0 saturated heterocycles. The molecule has 2 N–H and O–H groups in total. The van der Waals surface area contributed by atoms with Crippen molar-refractivity contribution in [2.45, 2.75) is 0 Å². The number of benzene rings is 2. The monoisotopic (exact) mass is 380 g/mol. The molecule has 0 atom stereocenters. The van der Waals surface area contributed by atoms with E-state index in [1.165, 1.54) is 0 Å². The van der Waals surface area contributed by atoms with Crippen LogP contribution in [0.2, 0.25) is 0 Å². The Morgan fingerprint density at radius 3 is 1.18 bits per heavy atom. The molecule has 0 aliphatic carbocycles.